The Morgan fingerprint density at radius 2 is 2.06 bits per heavy atom. The van der Waals surface area contributed by atoms with Crippen molar-refractivity contribution in [3.63, 3.8) is 0 Å². The van der Waals surface area contributed by atoms with Gasteiger partial charge in [-0.15, -0.1) is 0 Å². The molecule has 17 heavy (non-hydrogen) atoms. The van der Waals surface area contributed by atoms with Crippen molar-refractivity contribution in [2.45, 2.75) is 25.8 Å². The van der Waals surface area contributed by atoms with Gasteiger partial charge in [-0.2, -0.15) is 0 Å². The Morgan fingerprint density at radius 1 is 1.47 bits per heavy atom. The Balaban J connectivity index is 3.47. The minimum absolute atomic E-state index is 0.0547. The minimum atomic E-state index is -3.01. The molecular weight excluding hydrogens is 228 g/mol. The van der Waals surface area contributed by atoms with E-state index in [0.29, 0.717) is 5.56 Å². The first-order valence-corrected chi connectivity index (χ1v) is 5.25. The Morgan fingerprint density at radius 3 is 2.47 bits per heavy atom. The van der Waals surface area contributed by atoms with E-state index in [0.717, 1.165) is 12.5 Å². The van der Waals surface area contributed by atoms with Gasteiger partial charge in [-0.1, -0.05) is 6.07 Å². The first-order valence-electron chi connectivity index (χ1n) is 5.25. The van der Waals surface area contributed by atoms with E-state index in [1.807, 2.05) is 0 Å². The van der Waals surface area contributed by atoms with Gasteiger partial charge >= 0.3 is 0 Å². The van der Waals surface area contributed by atoms with Crippen molar-refractivity contribution in [2.24, 2.45) is 5.73 Å². The van der Waals surface area contributed by atoms with Crippen LogP contribution < -0.4 is 10.5 Å². The molecule has 0 radical (unpaired) electrons. The molecule has 0 saturated heterocycles. The second-order valence-corrected chi connectivity index (χ2v) is 4.05. The zero-order valence-corrected chi connectivity index (χ0v) is 10.1. The molecule has 1 unspecified atom stereocenters. The van der Waals surface area contributed by atoms with E-state index in [4.69, 9.17) is 15.6 Å². The van der Waals surface area contributed by atoms with Crippen molar-refractivity contribution in [1.82, 2.24) is 0 Å². The molecule has 96 valence electrons. The number of hydrogen-bond acceptors (Lipinski definition) is 3. The lowest BCUT2D eigenvalue weighted by atomic mass is 9.95. The average molecular weight is 245 g/mol. The highest BCUT2D eigenvalue weighted by atomic mass is 19.3. The zero-order chi connectivity index (χ0) is 13.2. The standard InChI is InChI=1S/C12H17F2NO2/c1-7-4-5-8(12(2,13)14)11(17-3)10(7)9(15)6-16/h4-5,9,16H,6,15H2,1-3H3. The molecule has 1 rings (SSSR count). The van der Waals surface area contributed by atoms with Crippen LogP contribution in [0.1, 0.15) is 29.7 Å². The summed E-state index contributed by atoms with van der Waals surface area (Å²) in [5.74, 6) is -2.96. The summed E-state index contributed by atoms with van der Waals surface area (Å²) >= 11 is 0. The predicted octanol–water partition coefficient (Wildman–Crippen LogP) is 2.11. The number of methoxy groups -OCH3 is 1. The third kappa shape index (κ3) is 2.73. The second kappa shape index (κ2) is 4.98. The summed E-state index contributed by atoms with van der Waals surface area (Å²) in [7, 11) is 1.32. The topological polar surface area (TPSA) is 55.5 Å². The minimum Gasteiger partial charge on any atom is -0.496 e. The number of aliphatic hydroxyl groups excluding tert-OH is 1. The summed E-state index contributed by atoms with van der Waals surface area (Å²) in [6, 6.07) is 2.15. The molecule has 0 aromatic heterocycles. The van der Waals surface area contributed by atoms with Gasteiger partial charge < -0.3 is 15.6 Å². The van der Waals surface area contributed by atoms with Gasteiger partial charge in [0.2, 0.25) is 0 Å². The maximum Gasteiger partial charge on any atom is 0.274 e. The summed E-state index contributed by atoms with van der Waals surface area (Å²) in [5.41, 5.74) is 6.63. The van der Waals surface area contributed by atoms with Gasteiger partial charge in [0, 0.05) is 12.5 Å². The predicted molar refractivity (Wildman–Crippen MR) is 61.3 cm³/mol. The van der Waals surface area contributed by atoms with E-state index >= 15 is 0 Å². The van der Waals surface area contributed by atoms with Crippen molar-refractivity contribution < 1.29 is 18.6 Å². The molecule has 3 nitrogen and oxygen atoms in total. The van der Waals surface area contributed by atoms with Crippen LogP contribution in [0.4, 0.5) is 8.78 Å². The molecule has 3 N–H and O–H groups in total. The van der Waals surface area contributed by atoms with Crippen molar-refractivity contribution in [3.8, 4) is 5.75 Å². The Hall–Kier alpha value is -1.20. The Kier molecular flexibility index (Phi) is 4.06. The maximum atomic E-state index is 13.4. The number of hydrogen-bond donors (Lipinski definition) is 2. The van der Waals surface area contributed by atoms with E-state index in [-0.39, 0.29) is 17.9 Å². The van der Waals surface area contributed by atoms with Gasteiger partial charge in [0.25, 0.3) is 5.92 Å². The van der Waals surface area contributed by atoms with Crippen molar-refractivity contribution >= 4 is 0 Å². The molecule has 0 aliphatic carbocycles. The molecule has 1 aromatic carbocycles. The molecule has 5 heteroatoms. The molecule has 0 heterocycles. The molecule has 0 fully saturated rings. The van der Waals surface area contributed by atoms with Crippen molar-refractivity contribution in [2.75, 3.05) is 13.7 Å². The Bertz CT molecular complexity index is 402. The summed E-state index contributed by atoms with van der Waals surface area (Å²) in [5, 5.41) is 9.06. The number of nitrogens with two attached hydrogens (primary N) is 1. The molecule has 0 aliphatic heterocycles. The lowest BCUT2D eigenvalue weighted by molar-refractivity contribution is 0.0148. The van der Waals surface area contributed by atoms with Gasteiger partial charge in [0.1, 0.15) is 5.75 Å². The quantitative estimate of drug-likeness (QED) is 0.854. The third-order valence-electron chi connectivity index (χ3n) is 2.66. The molecule has 0 aliphatic rings. The van der Waals surface area contributed by atoms with Crippen LogP contribution in [0.25, 0.3) is 0 Å². The summed E-state index contributed by atoms with van der Waals surface area (Å²) in [4.78, 5) is 0. The summed E-state index contributed by atoms with van der Waals surface area (Å²) in [6.07, 6.45) is 0. The number of aryl methyl sites for hydroxylation is 1. The van der Waals surface area contributed by atoms with Crippen molar-refractivity contribution in [1.29, 1.82) is 0 Å². The number of alkyl halides is 2. The van der Waals surface area contributed by atoms with Crippen LogP contribution in [0, 0.1) is 6.92 Å². The summed E-state index contributed by atoms with van der Waals surface area (Å²) < 4.78 is 31.8. The van der Waals surface area contributed by atoms with Gasteiger partial charge in [-0.25, -0.2) is 8.78 Å². The number of halogens is 2. The number of aliphatic hydroxyl groups is 1. The fourth-order valence-corrected chi connectivity index (χ4v) is 1.82. The summed E-state index contributed by atoms with van der Waals surface area (Å²) in [6.45, 7) is 2.22. The Labute approximate surface area is 99.2 Å². The van der Waals surface area contributed by atoms with Crippen LogP contribution in [0.5, 0.6) is 5.75 Å². The first-order chi connectivity index (χ1) is 7.82. The number of ether oxygens (including phenoxy) is 1. The highest BCUT2D eigenvalue weighted by Crippen LogP contribution is 2.39. The average Bonchev–Trinajstić information content (AvgIpc) is 2.25. The van der Waals surface area contributed by atoms with E-state index < -0.39 is 12.0 Å². The number of rotatable bonds is 4. The highest BCUT2D eigenvalue weighted by Gasteiger charge is 2.31. The van der Waals surface area contributed by atoms with Gasteiger partial charge in [-0.05, 0) is 18.6 Å². The van der Waals surface area contributed by atoms with Gasteiger partial charge in [-0.3, -0.25) is 0 Å². The largest absolute Gasteiger partial charge is 0.496 e. The zero-order valence-electron chi connectivity index (χ0n) is 10.1. The van der Waals surface area contributed by atoms with Gasteiger partial charge in [0.05, 0.1) is 25.3 Å². The fraction of sp³-hybridized carbons (Fsp3) is 0.500. The van der Waals surface area contributed by atoms with Gasteiger partial charge in [0.15, 0.2) is 0 Å². The molecule has 0 saturated carbocycles. The molecular formula is C12H17F2NO2. The van der Waals surface area contributed by atoms with Crippen LogP contribution >= 0.6 is 0 Å². The lowest BCUT2D eigenvalue weighted by Crippen LogP contribution is -2.19. The van der Waals surface area contributed by atoms with E-state index in [1.165, 1.54) is 13.2 Å². The van der Waals surface area contributed by atoms with E-state index in [1.54, 1.807) is 13.0 Å². The smallest absolute Gasteiger partial charge is 0.274 e. The van der Waals surface area contributed by atoms with Crippen LogP contribution in [-0.4, -0.2) is 18.8 Å². The van der Waals surface area contributed by atoms with Crippen LogP contribution in [0.2, 0.25) is 0 Å². The normalized spacial score (nSPS) is 13.6. The maximum absolute atomic E-state index is 13.4. The van der Waals surface area contributed by atoms with Crippen LogP contribution in [-0.2, 0) is 5.92 Å². The molecule has 0 spiro atoms. The van der Waals surface area contributed by atoms with E-state index in [9.17, 15) is 8.78 Å². The number of benzene rings is 1. The fourth-order valence-electron chi connectivity index (χ4n) is 1.82. The third-order valence-corrected chi connectivity index (χ3v) is 2.66. The molecule has 1 aromatic rings. The van der Waals surface area contributed by atoms with Crippen LogP contribution in [0.15, 0.2) is 12.1 Å². The molecule has 0 amide bonds. The van der Waals surface area contributed by atoms with Crippen molar-refractivity contribution in [3.05, 3.63) is 28.8 Å². The second-order valence-electron chi connectivity index (χ2n) is 4.05. The van der Waals surface area contributed by atoms with E-state index in [2.05, 4.69) is 0 Å². The van der Waals surface area contributed by atoms with Crippen LogP contribution in [0.3, 0.4) is 0 Å². The lowest BCUT2D eigenvalue weighted by Gasteiger charge is -2.22. The molecule has 1 atom stereocenters. The molecule has 0 bridgehead atoms. The highest BCUT2D eigenvalue weighted by molar-refractivity contribution is 5.49. The SMILES string of the molecule is COc1c(C(C)(F)F)ccc(C)c1C(N)CO. The monoisotopic (exact) mass is 245 g/mol. The first kappa shape index (κ1) is 13.9.